The number of carbonyl (C=O) groups is 1. The van der Waals surface area contributed by atoms with Gasteiger partial charge >= 0.3 is 0 Å². The molecule has 8 heteroatoms. The Morgan fingerprint density at radius 2 is 2.10 bits per heavy atom. The van der Waals surface area contributed by atoms with Crippen LogP contribution < -0.4 is 15.8 Å². The van der Waals surface area contributed by atoms with E-state index in [1.54, 1.807) is 37.3 Å². The lowest BCUT2D eigenvalue weighted by atomic mass is 10.1. The lowest BCUT2D eigenvalue weighted by Gasteiger charge is -2.12. The Balaban J connectivity index is 1.69. The van der Waals surface area contributed by atoms with Crippen molar-refractivity contribution < 1.29 is 14.6 Å². The summed E-state index contributed by atoms with van der Waals surface area (Å²) in [6, 6.07) is 10.5. The van der Waals surface area contributed by atoms with Crippen molar-refractivity contribution in [3.63, 3.8) is 0 Å². The van der Waals surface area contributed by atoms with Crippen molar-refractivity contribution in [3.05, 3.63) is 64.2 Å². The molecule has 4 rings (SSSR count). The Bertz CT molecular complexity index is 1150. The molecule has 1 N–H and O–H groups in total. The predicted molar refractivity (Wildman–Crippen MR) is 114 cm³/mol. The van der Waals surface area contributed by atoms with Crippen molar-refractivity contribution in [2.24, 2.45) is 0 Å². The summed E-state index contributed by atoms with van der Waals surface area (Å²) >= 11 is 5.84. The van der Waals surface area contributed by atoms with Gasteiger partial charge in [-0.25, -0.2) is 4.98 Å². The van der Waals surface area contributed by atoms with Gasteiger partial charge in [0.1, 0.15) is 12.9 Å². The smallest absolute Gasteiger partial charge is 0.265 e. The number of halogens is 1. The van der Waals surface area contributed by atoms with Gasteiger partial charge in [-0.1, -0.05) is 6.07 Å². The molecule has 0 radical (unpaired) electrons. The molecule has 1 atom stereocenters. The van der Waals surface area contributed by atoms with Crippen LogP contribution in [-0.2, 0) is 4.89 Å². The van der Waals surface area contributed by atoms with Crippen LogP contribution in [0, 0.1) is 6.92 Å². The topological polar surface area (TPSA) is 82.5 Å². The first-order valence-electron chi connectivity index (χ1n) is 9.79. The van der Waals surface area contributed by atoms with Crippen LogP contribution in [0.3, 0.4) is 0 Å². The quantitative estimate of drug-likeness (QED) is 0.354. The van der Waals surface area contributed by atoms with Gasteiger partial charge in [-0.05, 0) is 62.6 Å². The van der Waals surface area contributed by atoms with Gasteiger partial charge in [0.15, 0.2) is 5.75 Å². The molecular weight excluding hydrogens is 406 g/mol. The van der Waals surface area contributed by atoms with Gasteiger partial charge in [-0.2, -0.15) is 4.89 Å². The third-order valence-corrected chi connectivity index (χ3v) is 4.95. The fraction of sp³-hybridized carbons (Fsp3) is 0.318. The molecule has 7 nitrogen and oxygen atoms in total. The van der Waals surface area contributed by atoms with Gasteiger partial charge in [-0.3, -0.25) is 14.2 Å². The number of benzene rings is 2. The van der Waals surface area contributed by atoms with Crippen molar-refractivity contribution >= 4 is 28.4 Å². The monoisotopic (exact) mass is 427 g/mol. The molecule has 30 heavy (non-hydrogen) atoms. The van der Waals surface area contributed by atoms with Crippen molar-refractivity contribution in [1.29, 1.82) is 0 Å². The molecule has 3 aromatic rings. The number of hydrogen-bond donors (Lipinski definition) is 1. The number of nitrogens with zero attached hydrogens (tertiary/aromatic N) is 2. The first-order valence-corrected chi connectivity index (χ1v) is 10.2. The maximum absolute atomic E-state index is 13.2. The standard InChI is InChI=1S/C22H22ClN3O4/c1-13-3-4-15(21(27)25-16-5-6-16)9-20(13)26-12-24-19-8-7-17(10-18(19)22(26)28)30-29-11-14(2)23/h3-4,7-10,12,14,16H,5-6,11H2,1-2H3,(H,25,27). The summed E-state index contributed by atoms with van der Waals surface area (Å²) in [6.07, 6.45) is 3.49. The Labute approximate surface area is 178 Å². The fourth-order valence-corrected chi connectivity index (χ4v) is 3.08. The summed E-state index contributed by atoms with van der Waals surface area (Å²) in [7, 11) is 0. The van der Waals surface area contributed by atoms with Gasteiger partial charge in [-0.15, -0.1) is 11.6 Å². The number of amides is 1. The zero-order valence-corrected chi connectivity index (χ0v) is 17.5. The zero-order valence-electron chi connectivity index (χ0n) is 16.7. The van der Waals surface area contributed by atoms with Crippen molar-refractivity contribution in [3.8, 4) is 11.4 Å². The molecule has 156 valence electrons. The van der Waals surface area contributed by atoms with E-state index < -0.39 is 0 Å². The third-order valence-electron chi connectivity index (χ3n) is 4.83. The highest BCUT2D eigenvalue weighted by Crippen LogP contribution is 2.22. The molecule has 0 saturated heterocycles. The molecule has 1 aliphatic carbocycles. The second-order valence-corrected chi connectivity index (χ2v) is 8.24. The molecule has 0 aliphatic heterocycles. The van der Waals surface area contributed by atoms with Crippen LogP contribution in [0.1, 0.15) is 35.7 Å². The van der Waals surface area contributed by atoms with E-state index in [0.29, 0.717) is 27.9 Å². The van der Waals surface area contributed by atoms with E-state index in [9.17, 15) is 9.59 Å². The number of aromatic nitrogens is 2. The van der Waals surface area contributed by atoms with Crippen molar-refractivity contribution in [1.82, 2.24) is 14.9 Å². The molecule has 1 aliphatic rings. The molecular formula is C22H22ClN3O4. The van der Waals surface area contributed by atoms with Gasteiger partial charge < -0.3 is 10.2 Å². The third kappa shape index (κ3) is 4.47. The highest BCUT2D eigenvalue weighted by Gasteiger charge is 2.24. The van der Waals surface area contributed by atoms with Gasteiger partial charge in [0.05, 0.1) is 22.0 Å². The number of rotatable bonds is 7. The van der Waals surface area contributed by atoms with Crippen LogP contribution in [0.5, 0.6) is 5.75 Å². The predicted octanol–water partition coefficient (Wildman–Crippen LogP) is 3.52. The second-order valence-electron chi connectivity index (χ2n) is 7.50. The summed E-state index contributed by atoms with van der Waals surface area (Å²) < 4.78 is 1.44. The second kappa shape index (κ2) is 8.45. The minimum atomic E-state index is -0.265. The fourth-order valence-electron chi connectivity index (χ4n) is 3.03. The molecule has 2 aromatic carbocycles. The molecule has 1 aromatic heterocycles. The van der Waals surface area contributed by atoms with Crippen LogP contribution in [0.15, 0.2) is 47.5 Å². The first kappa shape index (κ1) is 20.4. The minimum Gasteiger partial charge on any atom is -0.349 e. The van der Waals surface area contributed by atoms with Crippen LogP contribution in [0.25, 0.3) is 16.6 Å². The number of aryl methyl sites for hydroxylation is 1. The Morgan fingerprint density at radius 3 is 2.83 bits per heavy atom. The van der Waals surface area contributed by atoms with Gasteiger partial charge in [0.2, 0.25) is 0 Å². The number of fused-ring (bicyclic) bond motifs is 1. The number of hydrogen-bond acceptors (Lipinski definition) is 5. The lowest BCUT2D eigenvalue weighted by Crippen LogP contribution is -2.26. The van der Waals surface area contributed by atoms with E-state index in [-0.39, 0.29) is 29.5 Å². The number of alkyl halides is 1. The summed E-state index contributed by atoms with van der Waals surface area (Å²) in [5.41, 5.74) is 2.24. The highest BCUT2D eigenvalue weighted by atomic mass is 35.5. The molecule has 0 spiro atoms. The molecule has 1 unspecified atom stereocenters. The normalized spacial score (nSPS) is 14.5. The first-order chi connectivity index (χ1) is 14.4. The summed E-state index contributed by atoms with van der Waals surface area (Å²) in [6.45, 7) is 3.89. The molecule has 0 bridgehead atoms. The van der Waals surface area contributed by atoms with Crippen molar-refractivity contribution in [2.75, 3.05) is 6.61 Å². The maximum Gasteiger partial charge on any atom is 0.265 e. The molecule has 1 amide bonds. The average molecular weight is 428 g/mol. The SMILES string of the molecule is Cc1ccc(C(=O)NC2CC2)cc1-n1cnc2ccc(OOCC(C)Cl)cc2c1=O. The van der Waals surface area contributed by atoms with E-state index >= 15 is 0 Å². The lowest BCUT2D eigenvalue weighted by molar-refractivity contribution is -0.205. The van der Waals surface area contributed by atoms with Crippen LogP contribution in [0.2, 0.25) is 0 Å². The summed E-state index contributed by atoms with van der Waals surface area (Å²) in [5.74, 6) is 0.243. The maximum atomic E-state index is 13.2. The van der Waals surface area contributed by atoms with Crippen LogP contribution in [-0.4, -0.2) is 33.5 Å². The Hall–Kier alpha value is -2.90. The summed E-state index contributed by atoms with van der Waals surface area (Å²) in [4.78, 5) is 40.3. The minimum absolute atomic E-state index is 0.137. The van der Waals surface area contributed by atoms with E-state index in [0.717, 1.165) is 18.4 Å². The van der Waals surface area contributed by atoms with E-state index in [1.807, 2.05) is 13.0 Å². The highest BCUT2D eigenvalue weighted by molar-refractivity contribution is 6.20. The molecule has 1 fully saturated rings. The summed E-state index contributed by atoms with van der Waals surface area (Å²) in [5, 5.41) is 3.15. The van der Waals surface area contributed by atoms with E-state index in [1.165, 1.54) is 10.9 Å². The van der Waals surface area contributed by atoms with Crippen molar-refractivity contribution in [2.45, 2.75) is 38.1 Å². The molecule has 1 saturated carbocycles. The Morgan fingerprint density at radius 1 is 1.30 bits per heavy atom. The van der Waals surface area contributed by atoms with Crippen LogP contribution in [0.4, 0.5) is 0 Å². The average Bonchev–Trinajstić information content (AvgIpc) is 3.53. The van der Waals surface area contributed by atoms with E-state index in [4.69, 9.17) is 21.4 Å². The number of carbonyl (C=O) groups excluding carboxylic acids is 1. The number of nitrogens with one attached hydrogen (secondary N) is 1. The van der Waals surface area contributed by atoms with E-state index in [2.05, 4.69) is 10.3 Å². The zero-order chi connectivity index (χ0) is 21.3. The Kier molecular flexibility index (Phi) is 5.74. The van der Waals surface area contributed by atoms with Gasteiger partial charge in [0.25, 0.3) is 11.5 Å². The largest absolute Gasteiger partial charge is 0.349 e. The molecule has 1 heterocycles. The van der Waals surface area contributed by atoms with Crippen LogP contribution >= 0.6 is 11.6 Å². The van der Waals surface area contributed by atoms with Gasteiger partial charge in [0, 0.05) is 11.6 Å².